The number of hydrogen-bond acceptors (Lipinski definition) is 2. The minimum absolute atomic E-state index is 0.764. The lowest BCUT2D eigenvalue weighted by Crippen LogP contribution is -1.97. The Hall–Kier alpha value is 0.180. The standard InChI is InChI=1S/C12H22S2/c1-5-7-11(3)9-13-14-10-12(4)8-6-2/h5-6,11-12H,1-2,7-10H2,3-4H3. The lowest BCUT2D eigenvalue weighted by molar-refractivity contribution is 0.675. The number of hydrogen-bond donors (Lipinski definition) is 0. The van der Waals surface area contributed by atoms with Crippen molar-refractivity contribution in [2.75, 3.05) is 11.5 Å². The van der Waals surface area contributed by atoms with E-state index in [1.165, 1.54) is 11.5 Å². The van der Waals surface area contributed by atoms with Gasteiger partial charge in [0.05, 0.1) is 0 Å². The van der Waals surface area contributed by atoms with Crippen molar-refractivity contribution in [2.24, 2.45) is 11.8 Å². The fraction of sp³-hybridized carbons (Fsp3) is 0.667. The van der Waals surface area contributed by atoms with Crippen LogP contribution in [0.15, 0.2) is 25.3 Å². The van der Waals surface area contributed by atoms with Crippen molar-refractivity contribution < 1.29 is 0 Å². The van der Waals surface area contributed by atoms with Crippen molar-refractivity contribution >= 4 is 21.6 Å². The quantitative estimate of drug-likeness (QED) is 0.317. The van der Waals surface area contributed by atoms with E-state index >= 15 is 0 Å². The van der Waals surface area contributed by atoms with E-state index in [-0.39, 0.29) is 0 Å². The van der Waals surface area contributed by atoms with Gasteiger partial charge in [-0.15, -0.1) is 13.2 Å². The largest absolute Gasteiger partial charge is 0.103 e. The Morgan fingerprint density at radius 2 is 1.29 bits per heavy atom. The molecule has 0 spiro atoms. The number of rotatable bonds is 9. The molecule has 0 radical (unpaired) electrons. The fourth-order valence-electron chi connectivity index (χ4n) is 1.03. The van der Waals surface area contributed by atoms with E-state index < -0.39 is 0 Å². The van der Waals surface area contributed by atoms with Gasteiger partial charge in [0, 0.05) is 11.5 Å². The van der Waals surface area contributed by atoms with Crippen LogP contribution in [-0.4, -0.2) is 11.5 Å². The van der Waals surface area contributed by atoms with Crippen LogP contribution in [-0.2, 0) is 0 Å². The Morgan fingerprint density at radius 1 is 0.929 bits per heavy atom. The van der Waals surface area contributed by atoms with E-state index in [0.29, 0.717) is 0 Å². The van der Waals surface area contributed by atoms with Crippen LogP contribution in [0.4, 0.5) is 0 Å². The first-order valence-corrected chi connectivity index (χ1v) is 7.65. The normalized spacial score (nSPS) is 14.7. The van der Waals surface area contributed by atoms with Crippen molar-refractivity contribution in [1.82, 2.24) is 0 Å². The summed E-state index contributed by atoms with van der Waals surface area (Å²) in [5, 5.41) is 0. The average molecular weight is 230 g/mol. The summed E-state index contributed by atoms with van der Waals surface area (Å²) in [6.45, 7) is 12.1. The van der Waals surface area contributed by atoms with Gasteiger partial charge in [-0.2, -0.15) is 0 Å². The molecule has 0 aliphatic rings. The Balaban J connectivity index is 3.27. The van der Waals surface area contributed by atoms with Gasteiger partial charge in [0.1, 0.15) is 0 Å². The highest BCUT2D eigenvalue weighted by Gasteiger charge is 2.02. The summed E-state index contributed by atoms with van der Waals surface area (Å²) in [7, 11) is 3.98. The third kappa shape index (κ3) is 8.76. The van der Waals surface area contributed by atoms with Gasteiger partial charge in [-0.05, 0) is 24.7 Å². The van der Waals surface area contributed by atoms with Gasteiger partial charge in [-0.25, -0.2) is 0 Å². The summed E-state index contributed by atoms with van der Waals surface area (Å²) in [5.74, 6) is 3.99. The van der Waals surface area contributed by atoms with Crippen molar-refractivity contribution in [3.63, 3.8) is 0 Å². The van der Waals surface area contributed by atoms with Crippen LogP contribution in [0.5, 0.6) is 0 Å². The van der Waals surface area contributed by atoms with Crippen molar-refractivity contribution in [3.8, 4) is 0 Å². The van der Waals surface area contributed by atoms with Crippen LogP contribution in [0.1, 0.15) is 26.7 Å². The minimum atomic E-state index is 0.764. The van der Waals surface area contributed by atoms with Crippen LogP contribution in [0.3, 0.4) is 0 Å². The van der Waals surface area contributed by atoms with Crippen LogP contribution in [0.25, 0.3) is 0 Å². The molecule has 14 heavy (non-hydrogen) atoms. The van der Waals surface area contributed by atoms with E-state index in [1.54, 1.807) is 0 Å². The van der Waals surface area contributed by atoms with Gasteiger partial charge in [-0.3, -0.25) is 0 Å². The van der Waals surface area contributed by atoms with Crippen LogP contribution in [0, 0.1) is 11.8 Å². The summed E-state index contributed by atoms with van der Waals surface area (Å²) in [6, 6.07) is 0. The van der Waals surface area contributed by atoms with Gasteiger partial charge < -0.3 is 0 Å². The van der Waals surface area contributed by atoms with Crippen molar-refractivity contribution in [2.45, 2.75) is 26.7 Å². The molecular weight excluding hydrogens is 208 g/mol. The summed E-state index contributed by atoms with van der Waals surface area (Å²) >= 11 is 0. The van der Waals surface area contributed by atoms with Gasteiger partial charge in [-0.1, -0.05) is 47.6 Å². The molecule has 0 rings (SSSR count). The molecule has 2 heteroatoms. The molecule has 0 aromatic heterocycles. The van der Waals surface area contributed by atoms with Gasteiger partial charge in [0.15, 0.2) is 0 Å². The van der Waals surface area contributed by atoms with E-state index in [0.717, 1.165) is 24.7 Å². The highest BCUT2D eigenvalue weighted by molar-refractivity contribution is 8.76. The molecule has 0 saturated heterocycles. The molecule has 0 N–H and O–H groups in total. The van der Waals surface area contributed by atoms with Crippen LogP contribution < -0.4 is 0 Å². The zero-order valence-electron chi connectivity index (χ0n) is 9.37. The second-order valence-electron chi connectivity index (χ2n) is 3.83. The van der Waals surface area contributed by atoms with E-state index in [9.17, 15) is 0 Å². The SMILES string of the molecule is C=CCC(C)CSSCC(C)CC=C. The molecule has 82 valence electrons. The maximum Gasteiger partial charge on any atom is 0.00656 e. The predicted octanol–water partition coefficient (Wildman–Crippen LogP) is 4.79. The Kier molecular flexibility index (Phi) is 9.85. The zero-order valence-corrected chi connectivity index (χ0v) is 11.0. The molecule has 0 bridgehead atoms. The molecule has 0 fully saturated rings. The molecule has 0 aliphatic carbocycles. The molecule has 0 nitrogen and oxygen atoms in total. The van der Waals surface area contributed by atoms with E-state index in [4.69, 9.17) is 0 Å². The molecule has 2 unspecified atom stereocenters. The number of allylic oxidation sites excluding steroid dienone is 2. The van der Waals surface area contributed by atoms with Crippen LogP contribution in [0.2, 0.25) is 0 Å². The van der Waals surface area contributed by atoms with Crippen molar-refractivity contribution in [3.05, 3.63) is 25.3 Å². The van der Waals surface area contributed by atoms with Crippen molar-refractivity contribution in [1.29, 1.82) is 0 Å². The lowest BCUT2D eigenvalue weighted by atomic mass is 10.1. The fourth-order valence-corrected chi connectivity index (χ4v) is 3.93. The summed E-state index contributed by atoms with van der Waals surface area (Å²) in [4.78, 5) is 0. The van der Waals surface area contributed by atoms with Crippen LogP contribution >= 0.6 is 21.6 Å². The second kappa shape index (κ2) is 9.72. The third-order valence-corrected chi connectivity index (χ3v) is 4.82. The first-order chi connectivity index (χ1) is 6.70. The molecule has 0 aliphatic heterocycles. The second-order valence-corrected chi connectivity index (χ2v) is 6.38. The van der Waals surface area contributed by atoms with Gasteiger partial charge in [0.25, 0.3) is 0 Å². The Labute approximate surface area is 97.0 Å². The maximum atomic E-state index is 3.75. The maximum absolute atomic E-state index is 3.75. The van der Waals surface area contributed by atoms with Gasteiger partial charge in [0.2, 0.25) is 0 Å². The molecule has 0 amide bonds. The molecule has 0 saturated carbocycles. The predicted molar refractivity (Wildman–Crippen MR) is 72.9 cm³/mol. The lowest BCUT2D eigenvalue weighted by Gasteiger charge is -2.10. The topological polar surface area (TPSA) is 0 Å². The highest BCUT2D eigenvalue weighted by Crippen LogP contribution is 2.27. The van der Waals surface area contributed by atoms with E-state index in [2.05, 4.69) is 27.0 Å². The smallest absolute Gasteiger partial charge is 0.00656 e. The molecule has 0 heterocycles. The molecular formula is C12H22S2. The summed E-state index contributed by atoms with van der Waals surface area (Å²) in [5.41, 5.74) is 0. The first-order valence-electron chi connectivity index (χ1n) is 5.16. The Bertz CT molecular complexity index is 136. The zero-order chi connectivity index (χ0) is 10.8. The summed E-state index contributed by atoms with van der Waals surface area (Å²) < 4.78 is 0. The van der Waals surface area contributed by atoms with E-state index in [1.807, 2.05) is 33.7 Å². The minimum Gasteiger partial charge on any atom is -0.103 e. The highest BCUT2D eigenvalue weighted by atomic mass is 33.1. The van der Waals surface area contributed by atoms with Gasteiger partial charge >= 0.3 is 0 Å². The molecule has 0 aromatic rings. The average Bonchev–Trinajstić information content (AvgIpc) is 2.13. The Morgan fingerprint density at radius 3 is 1.57 bits per heavy atom. The third-order valence-electron chi connectivity index (χ3n) is 1.93. The molecule has 0 aromatic carbocycles. The monoisotopic (exact) mass is 230 g/mol. The first kappa shape index (κ1) is 14.2. The summed E-state index contributed by atoms with van der Waals surface area (Å²) in [6.07, 6.45) is 6.29. The molecule has 2 atom stereocenters.